The van der Waals surface area contributed by atoms with Crippen molar-refractivity contribution in [2.24, 2.45) is 5.92 Å². The number of hydrogen-bond donors (Lipinski definition) is 5. The Bertz CT molecular complexity index is 782. The molecule has 0 bridgehead atoms. The molecule has 3 fully saturated rings. The van der Waals surface area contributed by atoms with Crippen molar-refractivity contribution in [2.45, 2.75) is 75.5 Å². The molecule has 1 saturated carbocycles. The fraction of sp³-hybridized carbons (Fsp3) is 0.950. The molecule has 0 aromatic rings. The van der Waals surface area contributed by atoms with Crippen LogP contribution in [0.1, 0.15) is 32.1 Å². The summed E-state index contributed by atoms with van der Waals surface area (Å²) in [5.74, 6) is -1.09. The number of hydrogen-bond acceptors (Lipinski definition) is 9. The monoisotopic (exact) mass is 547 g/mol. The van der Waals surface area contributed by atoms with Crippen molar-refractivity contribution >= 4 is 16.3 Å². The van der Waals surface area contributed by atoms with Gasteiger partial charge in [-0.3, -0.25) is 31.4 Å². The highest BCUT2D eigenvalue weighted by molar-refractivity contribution is 7.94. The zero-order chi connectivity index (χ0) is 26.7. The maximum absolute atomic E-state index is 14.4. The van der Waals surface area contributed by atoms with E-state index in [1.165, 1.54) is 9.21 Å². The highest BCUT2D eigenvalue weighted by atomic mass is 32.3. The summed E-state index contributed by atoms with van der Waals surface area (Å²) in [7, 11) is -0.142. The van der Waals surface area contributed by atoms with Crippen LogP contribution in [0.2, 0.25) is 0 Å². The first-order chi connectivity index (χ1) is 16.7. The van der Waals surface area contributed by atoms with Gasteiger partial charge in [-0.15, -0.1) is 4.31 Å². The lowest BCUT2D eigenvalue weighted by Gasteiger charge is -2.43. The van der Waals surface area contributed by atoms with E-state index in [0.29, 0.717) is 32.4 Å². The van der Waals surface area contributed by atoms with E-state index in [1.807, 2.05) is 0 Å². The van der Waals surface area contributed by atoms with Crippen molar-refractivity contribution in [1.82, 2.24) is 35.8 Å². The maximum Gasteiger partial charge on any atom is 0.411 e. The smallest absolute Gasteiger partial charge is 0.411 e. The Hall–Kier alpha value is -0.980. The molecule has 0 spiro atoms. The second kappa shape index (κ2) is 12.3. The Labute approximate surface area is 209 Å². The predicted molar refractivity (Wildman–Crippen MR) is 123 cm³/mol. The minimum Gasteiger partial charge on any atom is -0.598 e. The topological polar surface area (TPSA) is 133 Å². The number of sulfonamides is 1. The van der Waals surface area contributed by atoms with Gasteiger partial charge in [0.15, 0.2) is 6.35 Å². The first-order valence-corrected chi connectivity index (χ1v) is 13.8. The second-order valence-corrected chi connectivity index (χ2v) is 11.8. The Morgan fingerprint density at radius 3 is 2.19 bits per heavy atom. The first-order valence-electron chi connectivity index (χ1n) is 12.0. The molecule has 0 radical (unpaired) electrons. The van der Waals surface area contributed by atoms with Gasteiger partial charge >= 0.3 is 6.18 Å². The molecule has 7 unspecified atom stereocenters. The van der Waals surface area contributed by atoms with Gasteiger partial charge in [0.05, 0.1) is 5.92 Å². The number of carbonyl (C=O) groups excluding carboxylic acids is 1. The van der Waals surface area contributed by atoms with Gasteiger partial charge in [-0.2, -0.15) is 13.2 Å². The number of rotatable bonds is 8. The molecule has 11 nitrogen and oxygen atoms in total. The molecule has 7 atom stereocenters. The van der Waals surface area contributed by atoms with E-state index in [2.05, 4.69) is 26.6 Å². The SMILES string of the molecule is CN(C)C(=O)C1CC(NC2NC(NC3CCN([S+](C)(=O)[O-])CC3)NC(OCC(F)(F)F)N2)CCC1F. The molecule has 210 valence electrons. The minimum absolute atomic E-state index is 0.0842. The number of halogens is 4. The fourth-order valence-electron chi connectivity index (χ4n) is 4.78. The second-order valence-electron chi connectivity index (χ2n) is 9.81. The van der Waals surface area contributed by atoms with Crippen LogP contribution in [0, 0.1) is 5.92 Å². The van der Waals surface area contributed by atoms with E-state index in [0.717, 1.165) is 6.26 Å². The molecule has 3 rings (SSSR count). The average Bonchev–Trinajstić information content (AvgIpc) is 2.77. The lowest BCUT2D eigenvalue weighted by molar-refractivity contribution is -0.199. The van der Waals surface area contributed by atoms with Crippen molar-refractivity contribution in [1.29, 1.82) is 0 Å². The molecule has 1 amide bonds. The quantitative estimate of drug-likeness (QED) is 0.204. The van der Waals surface area contributed by atoms with Gasteiger partial charge in [0.2, 0.25) is 5.91 Å². The number of amides is 1. The summed E-state index contributed by atoms with van der Waals surface area (Å²) in [5.41, 5.74) is 0. The van der Waals surface area contributed by atoms with Crippen molar-refractivity contribution in [3.63, 3.8) is 0 Å². The summed E-state index contributed by atoms with van der Waals surface area (Å²) >= 11 is 0. The first kappa shape index (κ1) is 29.6. The van der Waals surface area contributed by atoms with Crippen LogP contribution in [-0.2, 0) is 24.1 Å². The molecule has 0 aromatic carbocycles. The van der Waals surface area contributed by atoms with Gasteiger partial charge < -0.3 is 14.2 Å². The fourth-order valence-corrected chi connectivity index (χ4v) is 5.65. The molecule has 36 heavy (non-hydrogen) atoms. The number of alkyl halides is 4. The molecule has 1 aliphatic carbocycles. The normalized spacial score (nSPS) is 34.8. The average molecular weight is 548 g/mol. The predicted octanol–water partition coefficient (Wildman–Crippen LogP) is -0.388. The van der Waals surface area contributed by atoms with Gasteiger partial charge in [-0.1, -0.05) is 4.21 Å². The van der Waals surface area contributed by atoms with E-state index in [4.69, 9.17) is 4.74 Å². The van der Waals surface area contributed by atoms with Gasteiger partial charge in [0.1, 0.15) is 42.0 Å². The van der Waals surface area contributed by atoms with Crippen molar-refractivity contribution in [2.75, 3.05) is 40.0 Å². The van der Waals surface area contributed by atoms with Gasteiger partial charge in [0, 0.05) is 39.3 Å². The molecule has 2 heterocycles. The van der Waals surface area contributed by atoms with Crippen LogP contribution in [0.3, 0.4) is 0 Å². The lowest BCUT2D eigenvalue weighted by Crippen LogP contribution is -2.76. The molecule has 5 N–H and O–H groups in total. The number of piperidine rings is 1. The molecule has 3 aliphatic rings. The van der Waals surface area contributed by atoms with Gasteiger partial charge in [-0.05, 0) is 32.1 Å². The largest absolute Gasteiger partial charge is 0.598 e. The summed E-state index contributed by atoms with van der Waals surface area (Å²) in [5, 5.41) is 15.4. The molecular weight excluding hydrogens is 510 g/mol. The highest BCUT2D eigenvalue weighted by Crippen LogP contribution is 2.29. The zero-order valence-corrected chi connectivity index (χ0v) is 21.5. The Morgan fingerprint density at radius 2 is 1.67 bits per heavy atom. The molecule has 2 aliphatic heterocycles. The van der Waals surface area contributed by atoms with Crippen LogP contribution in [-0.4, -0.2) is 103 Å². The zero-order valence-electron chi connectivity index (χ0n) is 20.6. The molecule has 0 aromatic heterocycles. The van der Waals surface area contributed by atoms with Gasteiger partial charge in [0.25, 0.3) is 0 Å². The van der Waals surface area contributed by atoms with E-state index in [-0.39, 0.29) is 30.8 Å². The molecule has 16 heteroatoms. The van der Waals surface area contributed by atoms with Crippen LogP contribution in [0.15, 0.2) is 0 Å². The summed E-state index contributed by atoms with van der Waals surface area (Å²) in [6, 6.07) is -0.338. The van der Waals surface area contributed by atoms with E-state index >= 15 is 0 Å². The van der Waals surface area contributed by atoms with Crippen molar-refractivity contribution in [3.05, 3.63) is 0 Å². The Morgan fingerprint density at radius 1 is 1.08 bits per heavy atom. The third kappa shape index (κ3) is 8.80. The molecular formula is C20H37F4N7O4S. The third-order valence-electron chi connectivity index (χ3n) is 6.63. The standard InChI is InChI=1S/C20H37F4N7O4S/c1-30(2)16(32)14-10-13(4-5-15(14)21)26-18-27-17(28-19(29-18)35-11-20(22,23)24)25-12-6-8-31(9-7-12)36(3,33)34/h12-15,17-19,25-29H,4-11H2,1-3H3. The summed E-state index contributed by atoms with van der Waals surface area (Å²) in [6.07, 6.45) is -5.16. The van der Waals surface area contributed by atoms with Crippen LogP contribution < -0.4 is 26.6 Å². The van der Waals surface area contributed by atoms with Crippen molar-refractivity contribution < 1.29 is 35.9 Å². The van der Waals surface area contributed by atoms with Gasteiger partial charge in [-0.25, -0.2) is 4.39 Å². The van der Waals surface area contributed by atoms with Crippen molar-refractivity contribution in [3.8, 4) is 0 Å². The Balaban J connectivity index is 1.60. The Kier molecular flexibility index (Phi) is 10.1. The van der Waals surface area contributed by atoms with Crippen LogP contribution in [0.5, 0.6) is 0 Å². The third-order valence-corrected chi connectivity index (χ3v) is 7.94. The number of ether oxygens (including phenoxy) is 1. The summed E-state index contributed by atoms with van der Waals surface area (Å²) in [6.45, 7) is -0.786. The van der Waals surface area contributed by atoms with E-state index < -0.39 is 54.2 Å². The number of nitrogens with one attached hydrogen (secondary N) is 5. The molecule has 2 saturated heterocycles. The van der Waals surface area contributed by atoms with Crippen LogP contribution >= 0.6 is 0 Å². The van der Waals surface area contributed by atoms with E-state index in [9.17, 15) is 31.1 Å². The van der Waals surface area contributed by atoms with E-state index in [1.54, 1.807) is 14.1 Å². The summed E-state index contributed by atoms with van der Waals surface area (Å²) < 4.78 is 82.5. The minimum atomic E-state index is -4.52. The van der Waals surface area contributed by atoms with Crippen LogP contribution in [0.25, 0.3) is 0 Å². The maximum atomic E-state index is 14.4. The number of carbonyl (C=O) groups is 1. The summed E-state index contributed by atoms with van der Waals surface area (Å²) in [4.78, 5) is 13.7. The highest BCUT2D eigenvalue weighted by Gasteiger charge is 2.39. The lowest BCUT2D eigenvalue weighted by atomic mass is 9.83. The van der Waals surface area contributed by atoms with Crippen LogP contribution in [0.4, 0.5) is 17.6 Å². The number of nitrogens with zero attached hydrogens (tertiary/aromatic N) is 2.